The third kappa shape index (κ3) is 4.26. The molecule has 3 aromatic carbocycles. The molecule has 35 heavy (non-hydrogen) atoms. The molecule has 0 radical (unpaired) electrons. The zero-order valence-corrected chi connectivity index (χ0v) is 19.4. The van der Waals surface area contributed by atoms with Crippen LogP contribution in [0, 0.1) is 5.82 Å². The van der Waals surface area contributed by atoms with Crippen molar-refractivity contribution in [3.8, 4) is 17.1 Å². The van der Waals surface area contributed by atoms with Crippen molar-refractivity contribution in [2.24, 2.45) is 7.05 Å². The summed E-state index contributed by atoms with van der Waals surface area (Å²) in [5.41, 5.74) is 8.64. The lowest BCUT2D eigenvalue weighted by Gasteiger charge is -2.21. The molecule has 5 rings (SSSR count). The Hall–Kier alpha value is -4.46. The van der Waals surface area contributed by atoms with Gasteiger partial charge in [-0.15, -0.1) is 0 Å². The second-order valence-electron chi connectivity index (χ2n) is 8.35. The summed E-state index contributed by atoms with van der Waals surface area (Å²) in [7, 11) is 1.79. The maximum absolute atomic E-state index is 15.3. The van der Waals surface area contributed by atoms with Crippen molar-refractivity contribution in [3.63, 3.8) is 0 Å². The van der Waals surface area contributed by atoms with Crippen LogP contribution < -0.4 is 11.1 Å². The van der Waals surface area contributed by atoms with Crippen LogP contribution in [-0.4, -0.2) is 24.9 Å². The largest absolute Gasteiger partial charge is 0.508 e. The van der Waals surface area contributed by atoms with Crippen LogP contribution in [0.5, 0.6) is 5.75 Å². The Morgan fingerprint density at radius 3 is 2.66 bits per heavy atom. The minimum absolute atomic E-state index is 0.0656. The second kappa shape index (κ2) is 9.06. The van der Waals surface area contributed by atoms with E-state index >= 15 is 4.39 Å². The molecule has 0 fully saturated rings. The predicted molar refractivity (Wildman–Crippen MR) is 136 cm³/mol. The third-order valence-electron chi connectivity index (χ3n) is 6.08. The van der Waals surface area contributed by atoms with Gasteiger partial charge in [0.15, 0.2) is 11.6 Å². The fraction of sp³-hybridized carbons (Fsp3) is 0.148. The van der Waals surface area contributed by atoms with Gasteiger partial charge in [-0.25, -0.2) is 14.4 Å². The molecule has 2 aromatic heterocycles. The maximum Gasteiger partial charge on any atom is 0.181 e. The van der Waals surface area contributed by atoms with Gasteiger partial charge in [-0.05, 0) is 47.7 Å². The summed E-state index contributed by atoms with van der Waals surface area (Å²) in [5.74, 6) is 0.926. The topological polar surface area (TPSA) is 102 Å². The van der Waals surface area contributed by atoms with Gasteiger partial charge in [0.1, 0.15) is 23.4 Å². The van der Waals surface area contributed by atoms with Crippen LogP contribution in [0.4, 0.5) is 15.9 Å². The highest BCUT2D eigenvalue weighted by atomic mass is 19.1. The van der Waals surface area contributed by atoms with Crippen LogP contribution in [0.1, 0.15) is 29.9 Å². The van der Waals surface area contributed by atoms with E-state index in [4.69, 9.17) is 10.7 Å². The van der Waals surface area contributed by atoms with Gasteiger partial charge in [-0.2, -0.15) is 5.10 Å². The molecule has 4 N–H and O–H groups in total. The monoisotopic (exact) mass is 468 g/mol. The minimum Gasteiger partial charge on any atom is -0.508 e. The van der Waals surface area contributed by atoms with Gasteiger partial charge in [0.25, 0.3) is 0 Å². The molecular weight excluding hydrogens is 443 g/mol. The number of rotatable bonds is 6. The van der Waals surface area contributed by atoms with E-state index in [1.54, 1.807) is 24.0 Å². The summed E-state index contributed by atoms with van der Waals surface area (Å²) < 4.78 is 16.9. The Bertz CT molecular complexity index is 1520. The van der Waals surface area contributed by atoms with Crippen molar-refractivity contribution in [2.75, 3.05) is 11.1 Å². The number of fused-ring (bicyclic) bond motifs is 1. The number of benzene rings is 3. The minimum atomic E-state index is -0.674. The average Bonchev–Trinajstić information content (AvgIpc) is 3.25. The highest BCUT2D eigenvalue weighted by Crippen LogP contribution is 2.33. The van der Waals surface area contributed by atoms with E-state index in [9.17, 15) is 5.11 Å². The number of hydrogen-bond donors (Lipinski definition) is 3. The molecule has 0 aliphatic heterocycles. The highest BCUT2D eigenvalue weighted by Gasteiger charge is 2.26. The number of phenols is 1. The van der Waals surface area contributed by atoms with Gasteiger partial charge in [0.2, 0.25) is 0 Å². The fourth-order valence-electron chi connectivity index (χ4n) is 4.23. The highest BCUT2D eigenvalue weighted by molar-refractivity contribution is 5.92. The van der Waals surface area contributed by atoms with E-state index in [-0.39, 0.29) is 5.75 Å². The molecule has 7 nitrogen and oxygen atoms in total. The average molecular weight is 469 g/mol. The lowest BCUT2D eigenvalue weighted by molar-refractivity contribution is 0.460. The Labute approximate surface area is 202 Å². The SMILES string of the molecule is CCc1cc(C(Nc2ccc3c(N)nccc3c2)c2nc(-c3ccccc3)nn2C)c(F)cc1O. The van der Waals surface area contributed by atoms with Gasteiger partial charge in [-0.1, -0.05) is 37.3 Å². The number of nitrogens with one attached hydrogen (secondary N) is 1. The number of nitrogen functional groups attached to an aromatic ring is 1. The lowest BCUT2D eigenvalue weighted by atomic mass is 9.99. The van der Waals surface area contributed by atoms with E-state index in [0.717, 1.165) is 28.1 Å². The van der Waals surface area contributed by atoms with Crippen molar-refractivity contribution >= 4 is 22.3 Å². The van der Waals surface area contributed by atoms with E-state index < -0.39 is 11.9 Å². The van der Waals surface area contributed by atoms with Crippen molar-refractivity contribution in [3.05, 3.63) is 95.7 Å². The van der Waals surface area contributed by atoms with Gasteiger partial charge in [0.05, 0.1) is 0 Å². The molecule has 0 bridgehead atoms. The second-order valence-corrected chi connectivity index (χ2v) is 8.35. The molecular formula is C27H25FN6O. The maximum atomic E-state index is 15.3. The van der Waals surface area contributed by atoms with Crippen LogP contribution >= 0.6 is 0 Å². The predicted octanol–water partition coefficient (Wildman–Crippen LogP) is 5.22. The lowest BCUT2D eigenvalue weighted by Crippen LogP contribution is -2.19. The molecule has 5 aromatic rings. The Balaban J connectivity index is 1.64. The van der Waals surface area contributed by atoms with Crippen LogP contribution in [-0.2, 0) is 13.5 Å². The van der Waals surface area contributed by atoms with E-state index in [2.05, 4.69) is 15.4 Å². The Kier molecular flexibility index (Phi) is 5.78. The van der Waals surface area contributed by atoms with Crippen molar-refractivity contribution in [2.45, 2.75) is 19.4 Å². The number of aromatic hydroxyl groups is 1. The number of phenolic OH excluding ortho intramolecular Hbond substituents is 1. The molecule has 0 saturated carbocycles. The molecule has 2 heterocycles. The first-order valence-electron chi connectivity index (χ1n) is 11.3. The summed E-state index contributed by atoms with van der Waals surface area (Å²) >= 11 is 0. The van der Waals surface area contributed by atoms with E-state index in [1.165, 1.54) is 0 Å². The van der Waals surface area contributed by atoms with Gasteiger partial charge >= 0.3 is 0 Å². The van der Waals surface area contributed by atoms with Gasteiger partial charge in [-0.3, -0.25) is 4.68 Å². The normalized spacial score (nSPS) is 12.1. The van der Waals surface area contributed by atoms with Crippen LogP contribution in [0.2, 0.25) is 0 Å². The third-order valence-corrected chi connectivity index (χ3v) is 6.08. The number of nitrogens with two attached hydrogens (primary N) is 1. The quantitative estimate of drug-likeness (QED) is 0.316. The zero-order chi connectivity index (χ0) is 24.5. The van der Waals surface area contributed by atoms with Gasteiger partial charge in [0, 0.05) is 41.5 Å². The first kappa shape index (κ1) is 22.3. The Morgan fingerprint density at radius 1 is 1.09 bits per heavy atom. The molecule has 1 atom stereocenters. The number of halogens is 1. The number of aryl methyl sites for hydroxylation is 2. The van der Waals surface area contributed by atoms with Crippen molar-refractivity contribution < 1.29 is 9.50 Å². The zero-order valence-electron chi connectivity index (χ0n) is 19.4. The fourth-order valence-corrected chi connectivity index (χ4v) is 4.23. The smallest absolute Gasteiger partial charge is 0.181 e. The molecule has 0 spiro atoms. The first-order chi connectivity index (χ1) is 16.9. The van der Waals surface area contributed by atoms with Crippen LogP contribution in [0.3, 0.4) is 0 Å². The number of anilines is 2. The Morgan fingerprint density at radius 2 is 1.89 bits per heavy atom. The summed E-state index contributed by atoms with van der Waals surface area (Å²) in [6, 6.07) is 19.4. The number of hydrogen-bond acceptors (Lipinski definition) is 6. The van der Waals surface area contributed by atoms with Crippen LogP contribution in [0.25, 0.3) is 22.2 Å². The summed E-state index contributed by atoms with van der Waals surface area (Å²) in [6.45, 7) is 1.91. The van der Waals surface area contributed by atoms with Gasteiger partial charge < -0.3 is 16.2 Å². The van der Waals surface area contributed by atoms with Crippen molar-refractivity contribution in [1.29, 1.82) is 0 Å². The molecule has 0 amide bonds. The number of nitrogens with zero attached hydrogens (tertiary/aromatic N) is 4. The van der Waals surface area contributed by atoms with E-state index in [0.29, 0.717) is 35.0 Å². The summed E-state index contributed by atoms with van der Waals surface area (Å²) in [6.07, 6.45) is 2.21. The van der Waals surface area contributed by atoms with Crippen molar-refractivity contribution in [1.82, 2.24) is 19.7 Å². The number of pyridine rings is 1. The molecule has 0 saturated heterocycles. The van der Waals surface area contributed by atoms with Crippen LogP contribution in [0.15, 0.2) is 72.9 Å². The molecule has 1 unspecified atom stereocenters. The first-order valence-corrected chi connectivity index (χ1v) is 11.3. The standard InChI is InChI=1S/C27H25FN6O/c1-3-16-14-21(22(28)15-23(16)35)24(27-32-26(33-34(27)2)17-7-5-4-6-8-17)31-19-9-10-20-18(13-19)11-12-30-25(20)29/h4-15,24,31,35H,3H2,1-2H3,(H2,29,30). The molecule has 8 heteroatoms. The summed E-state index contributed by atoms with van der Waals surface area (Å²) in [5, 5.41) is 20.0. The molecule has 0 aliphatic carbocycles. The molecule has 176 valence electrons. The summed E-state index contributed by atoms with van der Waals surface area (Å²) in [4.78, 5) is 8.92. The van der Waals surface area contributed by atoms with E-state index in [1.807, 2.05) is 61.5 Å². The number of aromatic nitrogens is 4. The molecule has 0 aliphatic rings.